The predicted octanol–water partition coefficient (Wildman–Crippen LogP) is 7.29. The number of nitrogens with zero attached hydrogens (tertiary/aromatic N) is 3. The monoisotopic (exact) mass is 515 g/mol. The van der Waals surface area contributed by atoms with E-state index >= 15 is 0 Å². The number of fused-ring (bicyclic) bond motifs is 1. The second kappa shape index (κ2) is 11.8. The Bertz CT molecular complexity index is 1340. The van der Waals surface area contributed by atoms with Crippen LogP contribution in [0.15, 0.2) is 72.8 Å². The summed E-state index contributed by atoms with van der Waals surface area (Å²) in [5.74, 6) is 2.56. The average Bonchev–Trinajstić information content (AvgIpc) is 3.22. The summed E-state index contributed by atoms with van der Waals surface area (Å²) in [4.78, 5) is 7.27. The lowest BCUT2D eigenvalue weighted by atomic mass is 10.1. The summed E-state index contributed by atoms with van der Waals surface area (Å²) in [7, 11) is 0. The molecule has 1 aliphatic rings. The van der Waals surface area contributed by atoms with Crippen molar-refractivity contribution >= 4 is 11.6 Å². The molecule has 3 aromatic carbocycles. The molecule has 2 heterocycles. The van der Waals surface area contributed by atoms with E-state index in [1.165, 1.54) is 16.7 Å². The van der Waals surface area contributed by atoms with E-state index in [1.807, 2.05) is 24.3 Å². The molecule has 0 unspecified atom stereocenters. The van der Waals surface area contributed by atoms with E-state index in [0.717, 1.165) is 61.1 Å². The first kappa shape index (κ1) is 25.4. The van der Waals surface area contributed by atoms with Crippen molar-refractivity contribution in [3.8, 4) is 22.9 Å². The summed E-state index contributed by atoms with van der Waals surface area (Å²) in [6.07, 6.45) is 2.17. The quantitative estimate of drug-likeness (QED) is 0.222. The summed E-state index contributed by atoms with van der Waals surface area (Å²) < 4.78 is 13.9. The smallest absolute Gasteiger partial charge is 0.161 e. The highest BCUT2D eigenvalue weighted by atomic mass is 35.5. The Morgan fingerprint density at radius 2 is 1.62 bits per heavy atom. The Hall–Kier alpha value is -3.28. The van der Waals surface area contributed by atoms with Gasteiger partial charge in [-0.3, -0.25) is 4.90 Å². The van der Waals surface area contributed by atoms with Crippen molar-refractivity contribution in [1.29, 1.82) is 0 Å². The Labute approximate surface area is 224 Å². The van der Waals surface area contributed by atoms with Crippen molar-refractivity contribution in [2.45, 2.75) is 52.9 Å². The van der Waals surface area contributed by atoms with Gasteiger partial charge in [0.2, 0.25) is 0 Å². The number of ether oxygens (including phenoxy) is 2. The average molecular weight is 516 g/mol. The van der Waals surface area contributed by atoms with Gasteiger partial charge in [-0.25, -0.2) is 4.98 Å². The molecule has 192 valence electrons. The Kier molecular flexibility index (Phi) is 8.12. The van der Waals surface area contributed by atoms with Gasteiger partial charge < -0.3 is 14.0 Å². The van der Waals surface area contributed by atoms with Crippen molar-refractivity contribution in [1.82, 2.24) is 14.5 Å². The summed E-state index contributed by atoms with van der Waals surface area (Å²) in [6.45, 7) is 8.65. The first-order chi connectivity index (χ1) is 18.1. The van der Waals surface area contributed by atoms with Crippen LogP contribution in [-0.2, 0) is 26.2 Å². The van der Waals surface area contributed by atoms with E-state index in [2.05, 4.69) is 71.8 Å². The second-order valence-electron chi connectivity index (χ2n) is 9.66. The predicted molar refractivity (Wildman–Crippen MR) is 149 cm³/mol. The molecule has 0 saturated carbocycles. The van der Waals surface area contributed by atoms with Crippen molar-refractivity contribution in [2.24, 2.45) is 0 Å². The highest BCUT2D eigenvalue weighted by Gasteiger charge is 2.21. The van der Waals surface area contributed by atoms with Crippen LogP contribution in [0.2, 0.25) is 5.15 Å². The van der Waals surface area contributed by atoms with Crippen molar-refractivity contribution in [3.05, 3.63) is 100 Å². The van der Waals surface area contributed by atoms with E-state index in [9.17, 15) is 0 Å². The molecule has 5 rings (SSSR count). The molecule has 0 saturated heterocycles. The van der Waals surface area contributed by atoms with E-state index in [4.69, 9.17) is 26.1 Å². The van der Waals surface area contributed by atoms with Crippen LogP contribution in [0.5, 0.6) is 11.5 Å². The number of aryl methyl sites for hydroxylation is 1. The summed E-state index contributed by atoms with van der Waals surface area (Å²) in [5.41, 5.74) is 5.85. The fourth-order valence-corrected chi connectivity index (χ4v) is 5.11. The van der Waals surface area contributed by atoms with Crippen LogP contribution in [0.4, 0.5) is 0 Å². The largest absolute Gasteiger partial charge is 0.486 e. The van der Waals surface area contributed by atoms with Gasteiger partial charge in [-0.1, -0.05) is 91.2 Å². The van der Waals surface area contributed by atoms with Crippen LogP contribution in [0.1, 0.15) is 42.1 Å². The van der Waals surface area contributed by atoms with Crippen molar-refractivity contribution in [2.75, 3.05) is 13.2 Å². The molecule has 1 aliphatic heterocycles. The molecule has 6 heteroatoms. The molecule has 1 aromatic heterocycles. The van der Waals surface area contributed by atoms with Crippen molar-refractivity contribution < 1.29 is 9.47 Å². The molecular weight excluding hydrogens is 482 g/mol. The van der Waals surface area contributed by atoms with Crippen LogP contribution >= 0.6 is 11.6 Å². The minimum atomic E-state index is 0.575. The molecule has 0 N–H and O–H groups in total. The second-order valence-corrected chi connectivity index (χ2v) is 10.0. The summed E-state index contributed by atoms with van der Waals surface area (Å²) in [6, 6.07) is 25.3. The molecule has 0 radical (unpaired) electrons. The van der Waals surface area contributed by atoms with Gasteiger partial charge in [-0.2, -0.15) is 0 Å². The number of benzene rings is 3. The van der Waals surface area contributed by atoms with Crippen LogP contribution < -0.4 is 9.47 Å². The number of aromatic nitrogens is 2. The normalized spacial score (nSPS) is 12.8. The standard InChI is InChI=1S/C31H34ClN3O2/c1-3-4-15-35-27(30(32)33-31(35)26-11-6-5-7-12-26)22-34(20-24-10-8-9-23(2)18-24)21-25-13-14-28-29(19-25)37-17-16-36-28/h5-14,18-19H,3-4,15-17,20-22H2,1-2H3. The highest BCUT2D eigenvalue weighted by molar-refractivity contribution is 6.30. The number of halogens is 1. The van der Waals surface area contributed by atoms with E-state index < -0.39 is 0 Å². The van der Waals surface area contributed by atoms with Gasteiger partial charge in [0.1, 0.15) is 19.0 Å². The Balaban J connectivity index is 1.48. The first-order valence-corrected chi connectivity index (χ1v) is 13.4. The zero-order valence-corrected chi connectivity index (χ0v) is 22.4. The molecule has 0 spiro atoms. The molecule has 0 atom stereocenters. The fourth-order valence-electron chi connectivity index (χ4n) is 4.86. The Morgan fingerprint density at radius 1 is 0.865 bits per heavy atom. The summed E-state index contributed by atoms with van der Waals surface area (Å²) >= 11 is 6.85. The third-order valence-corrected chi connectivity index (χ3v) is 6.97. The molecule has 0 bridgehead atoms. The van der Waals surface area contributed by atoms with Gasteiger partial charge >= 0.3 is 0 Å². The number of hydrogen-bond acceptors (Lipinski definition) is 4. The minimum Gasteiger partial charge on any atom is -0.486 e. The SMILES string of the molecule is CCCCn1c(-c2ccccc2)nc(Cl)c1CN(Cc1cccc(C)c1)Cc1ccc2c(c1)OCCO2. The topological polar surface area (TPSA) is 39.5 Å². The lowest BCUT2D eigenvalue weighted by molar-refractivity contribution is 0.170. The lowest BCUT2D eigenvalue weighted by Crippen LogP contribution is -2.25. The third-order valence-electron chi connectivity index (χ3n) is 6.67. The first-order valence-electron chi connectivity index (χ1n) is 13.1. The van der Waals surface area contributed by atoms with E-state index in [1.54, 1.807) is 0 Å². The van der Waals surface area contributed by atoms with Gasteiger partial charge in [0, 0.05) is 31.7 Å². The van der Waals surface area contributed by atoms with Gasteiger partial charge in [-0.05, 0) is 36.6 Å². The molecular formula is C31H34ClN3O2. The summed E-state index contributed by atoms with van der Waals surface area (Å²) in [5, 5.41) is 0.575. The van der Waals surface area contributed by atoms with Crippen molar-refractivity contribution in [3.63, 3.8) is 0 Å². The van der Waals surface area contributed by atoms with Crippen LogP contribution in [-0.4, -0.2) is 27.7 Å². The zero-order chi connectivity index (χ0) is 25.6. The molecule has 0 fully saturated rings. The van der Waals surface area contributed by atoms with Gasteiger partial charge in [0.15, 0.2) is 16.7 Å². The number of hydrogen-bond donors (Lipinski definition) is 0. The maximum absolute atomic E-state index is 6.85. The van der Waals surface area contributed by atoms with E-state index in [-0.39, 0.29) is 0 Å². The number of rotatable bonds is 10. The molecule has 37 heavy (non-hydrogen) atoms. The molecule has 4 aromatic rings. The maximum Gasteiger partial charge on any atom is 0.161 e. The van der Waals surface area contributed by atoms with Gasteiger partial charge in [0.25, 0.3) is 0 Å². The van der Waals surface area contributed by atoms with E-state index in [0.29, 0.717) is 24.9 Å². The minimum absolute atomic E-state index is 0.575. The van der Waals surface area contributed by atoms with Crippen LogP contribution in [0.25, 0.3) is 11.4 Å². The fraction of sp³-hybridized carbons (Fsp3) is 0.323. The van der Waals surface area contributed by atoms with Gasteiger partial charge in [0.05, 0.1) is 5.69 Å². The Morgan fingerprint density at radius 3 is 2.38 bits per heavy atom. The molecule has 5 nitrogen and oxygen atoms in total. The lowest BCUT2D eigenvalue weighted by Gasteiger charge is -2.25. The van der Waals surface area contributed by atoms with Gasteiger partial charge in [-0.15, -0.1) is 0 Å². The highest BCUT2D eigenvalue weighted by Crippen LogP contribution is 2.32. The zero-order valence-electron chi connectivity index (χ0n) is 21.6. The maximum atomic E-state index is 6.85. The number of imidazole rings is 1. The molecule has 0 amide bonds. The third kappa shape index (κ3) is 6.17. The van der Waals surface area contributed by atoms with Crippen LogP contribution in [0, 0.1) is 6.92 Å². The van der Waals surface area contributed by atoms with Crippen LogP contribution in [0.3, 0.4) is 0 Å². The molecule has 0 aliphatic carbocycles. The number of unbranched alkanes of at least 4 members (excludes halogenated alkanes) is 1.